The summed E-state index contributed by atoms with van der Waals surface area (Å²) in [4.78, 5) is 0. The summed E-state index contributed by atoms with van der Waals surface area (Å²) in [5.74, 6) is 0.316. The van der Waals surface area contributed by atoms with Gasteiger partial charge < -0.3 is 8.82 Å². The number of furan rings is 1. The molecule has 0 radical (unpaired) electrons. The SMILES string of the molecule is C=C1CC2C(CCc3cc4c(cc3-c3cc(C(C)(C)C)cc[n+]31)c1c3oc5ccccc5c3cc3c5cc(C(C)(C)C)ccc5n4c31)c1ccccc1-c1ccc(C)c[n+]12. The highest BCUT2D eigenvalue weighted by Crippen LogP contribution is 2.49. The smallest absolute Gasteiger partial charge is 0.218 e. The van der Waals surface area contributed by atoms with E-state index in [-0.39, 0.29) is 16.9 Å². The number of nitrogens with zero attached hydrogens (tertiary/aromatic N) is 3. The number of benzene rings is 5. The van der Waals surface area contributed by atoms with Crippen LogP contribution in [0, 0.1) is 6.92 Å². The fourth-order valence-corrected chi connectivity index (χ4v) is 11.1. The molecule has 60 heavy (non-hydrogen) atoms. The van der Waals surface area contributed by atoms with Crippen molar-refractivity contribution >= 4 is 65.7 Å². The van der Waals surface area contributed by atoms with Gasteiger partial charge in [0.15, 0.2) is 24.1 Å². The monoisotopic (exact) mass is 781 g/mol. The van der Waals surface area contributed by atoms with Gasteiger partial charge in [-0.1, -0.05) is 84.0 Å². The molecule has 7 heterocycles. The number of para-hydroxylation sites is 1. The van der Waals surface area contributed by atoms with Crippen LogP contribution in [-0.2, 0) is 17.3 Å². The third-order valence-electron chi connectivity index (χ3n) is 14.2. The average Bonchev–Trinajstić information content (AvgIpc) is 3.88. The molecule has 4 heteroatoms. The van der Waals surface area contributed by atoms with E-state index in [0.717, 1.165) is 41.5 Å². The number of hydrogen-bond donors (Lipinski definition) is 0. The van der Waals surface area contributed by atoms with Crippen molar-refractivity contribution < 1.29 is 13.6 Å². The Morgan fingerprint density at radius 1 is 0.683 bits per heavy atom. The first kappa shape index (κ1) is 35.7. The van der Waals surface area contributed by atoms with E-state index >= 15 is 0 Å². The van der Waals surface area contributed by atoms with Gasteiger partial charge in [-0.3, -0.25) is 0 Å². The molecule has 12 rings (SSSR count). The molecule has 2 atom stereocenters. The Kier molecular flexibility index (Phi) is 7.23. The Morgan fingerprint density at radius 3 is 2.30 bits per heavy atom. The van der Waals surface area contributed by atoms with Crippen molar-refractivity contribution in [3.8, 4) is 22.5 Å². The second-order valence-electron chi connectivity index (χ2n) is 20.0. The number of rotatable bonds is 0. The van der Waals surface area contributed by atoms with E-state index in [0.29, 0.717) is 5.92 Å². The third-order valence-corrected chi connectivity index (χ3v) is 14.2. The summed E-state index contributed by atoms with van der Waals surface area (Å²) >= 11 is 0. The van der Waals surface area contributed by atoms with Crippen LogP contribution in [0.15, 0.2) is 133 Å². The maximum absolute atomic E-state index is 6.92. The van der Waals surface area contributed by atoms with Crippen molar-refractivity contribution in [2.75, 3.05) is 0 Å². The zero-order chi connectivity index (χ0) is 41.0. The van der Waals surface area contributed by atoms with E-state index in [2.05, 4.69) is 184 Å². The van der Waals surface area contributed by atoms with Crippen LogP contribution in [0.2, 0.25) is 0 Å². The summed E-state index contributed by atoms with van der Waals surface area (Å²) < 4.78 is 14.5. The summed E-state index contributed by atoms with van der Waals surface area (Å²) in [6, 6.07) is 41.9. The molecule has 294 valence electrons. The Balaban J connectivity index is 1.19. The molecule has 5 aromatic carbocycles. The molecule has 10 aromatic rings. The largest absolute Gasteiger partial charge is 0.455 e. The van der Waals surface area contributed by atoms with Crippen LogP contribution in [0.3, 0.4) is 0 Å². The van der Waals surface area contributed by atoms with Crippen LogP contribution in [0.4, 0.5) is 0 Å². The Hall–Kier alpha value is -6.26. The molecule has 0 bridgehead atoms. The standard InChI is InChI=1S/C56H51N3O/c1-32-17-21-46-38-14-10-9-13-37(38)39-20-18-34-26-50-45(29-41(34)49-28-36(56(6,7)8)23-24-57(49)33(2)25-48(39)58(46)31-32)52-53-43(30-44-40-15-11-12-16-51(40)60-54(44)52)42-27-35(55(3,4)5)19-22-47(42)59(50)53/h9-17,19,21-24,26-31,39,48H,2,18,20,25H2,1,3-8H3/q+2. The van der Waals surface area contributed by atoms with Crippen LogP contribution in [0.25, 0.3) is 88.2 Å². The molecular formula is C56H51N3O+2. The Morgan fingerprint density at radius 2 is 1.47 bits per heavy atom. The lowest BCUT2D eigenvalue weighted by atomic mass is 9.77. The molecule has 0 saturated heterocycles. The molecule has 0 amide bonds. The van der Waals surface area contributed by atoms with E-state index in [1.807, 2.05) is 0 Å². The van der Waals surface area contributed by atoms with E-state index in [1.165, 1.54) is 93.8 Å². The molecule has 5 aromatic heterocycles. The van der Waals surface area contributed by atoms with E-state index in [1.54, 1.807) is 0 Å². The van der Waals surface area contributed by atoms with Crippen molar-refractivity contribution in [1.29, 1.82) is 0 Å². The van der Waals surface area contributed by atoms with E-state index in [4.69, 9.17) is 11.0 Å². The van der Waals surface area contributed by atoms with E-state index < -0.39 is 0 Å². The second-order valence-corrected chi connectivity index (χ2v) is 20.0. The van der Waals surface area contributed by atoms with Crippen LogP contribution in [0.5, 0.6) is 0 Å². The quantitative estimate of drug-likeness (QED) is 0.141. The molecule has 2 unspecified atom stereocenters. The zero-order valence-electron chi connectivity index (χ0n) is 35.8. The first-order valence-electron chi connectivity index (χ1n) is 21.8. The van der Waals surface area contributed by atoms with Crippen LogP contribution in [-0.4, -0.2) is 4.40 Å². The number of aromatic nitrogens is 3. The number of hydrogen-bond acceptors (Lipinski definition) is 1. The summed E-state index contributed by atoms with van der Waals surface area (Å²) in [6.45, 7) is 21.0. The third kappa shape index (κ3) is 4.97. The normalized spacial score (nSPS) is 17.1. The van der Waals surface area contributed by atoms with Gasteiger partial charge in [-0.25, -0.2) is 0 Å². The molecule has 4 nitrogen and oxygen atoms in total. The van der Waals surface area contributed by atoms with Crippen molar-refractivity contribution in [1.82, 2.24) is 4.40 Å². The maximum atomic E-state index is 6.92. The summed E-state index contributed by atoms with van der Waals surface area (Å²) in [5, 5.41) is 7.36. The summed E-state index contributed by atoms with van der Waals surface area (Å²) in [6.07, 6.45) is 7.49. The topological polar surface area (TPSA) is 25.3 Å². The Bertz CT molecular complexity index is 3470. The molecule has 0 N–H and O–H groups in total. The van der Waals surface area contributed by atoms with Crippen LogP contribution >= 0.6 is 0 Å². The van der Waals surface area contributed by atoms with Gasteiger partial charge in [-0.2, -0.15) is 9.13 Å². The lowest BCUT2D eigenvalue weighted by molar-refractivity contribution is -0.720. The molecule has 0 fully saturated rings. The minimum atomic E-state index is -0.0250. The predicted molar refractivity (Wildman–Crippen MR) is 248 cm³/mol. The lowest BCUT2D eigenvalue weighted by Crippen LogP contribution is -2.49. The fraction of sp³-hybridized carbons (Fsp3) is 0.250. The highest BCUT2D eigenvalue weighted by atomic mass is 16.3. The van der Waals surface area contributed by atoms with Gasteiger partial charge in [-0.05, 0) is 108 Å². The Labute approximate surface area is 351 Å². The van der Waals surface area contributed by atoms with Gasteiger partial charge in [-0.15, -0.1) is 0 Å². The van der Waals surface area contributed by atoms with Crippen molar-refractivity contribution in [3.63, 3.8) is 0 Å². The van der Waals surface area contributed by atoms with Gasteiger partial charge in [0.2, 0.25) is 11.4 Å². The summed E-state index contributed by atoms with van der Waals surface area (Å²) in [7, 11) is 0. The van der Waals surface area contributed by atoms with Crippen molar-refractivity contribution in [3.05, 3.63) is 156 Å². The molecule has 2 aliphatic rings. The molecular weight excluding hydrogens is 731 g/mol. The highest BCUT2D eigenvalue weighted by molar-refractivity contribution is 6.33. The number of pyridine rings is 2. The molecule has 0 saturated carbocycles. The summed E-state index contributed by atoms with van der Waals surface area (Å²) in [5.41, 5.74) is 18.6. The number of fused-ring (bicyclic) bond motifs is 19. The second kappa shape index (κ2) is 12.2. The highest BCUT2D eigenvalue weighted by Gasteiger charge is 2.43. The van der Waals surface area contributed by atoms with Gasteiger partial charge in [0.25, 0.3) is 0 Å². The van der Waals surface area contributed by atoms with Gasteiger partial charge in [0.1, 0.15) is 11.2 Å². The minimum absolute atomic E-state index is 0.0250. The number of allylic oxidation sites excluding steroid dienone is 1. The van der Waals surface area contributed by atoms with E-state index in [9.17, 15) is 0 Å². The first-order chi connectivity index (χ1) is 28.8. The van der Waals surface area contributed by atoms with Crippen molar-refractivity contribution in [2.45, 2.75) is 90.5 Å². The fourth-order valence-electron chi connectivity index (χ4n) is 11.1. The van der Waals surface area contributed by atoms with Crippen molar-refractivity contribution in [2.24, 2.45) is 0 Å². The zero-order valence-corrected chi connectivity index (χ0v) is 35.8. The molecule has 0 spiro atoms. The van der Waals surface area contributed by atoms with Gasteiger partial charge >= 0.3 is 0 Å². The van der Waals surface area contributed by atoms with Gasteiger partial charge in [0.05, 0.1) is 33.9 Å². The minimum Gasteiger partial charge on any atom is -0.455 e. The molecule has 2 aliphatic heterocycles. The average molecular weight is 782 g/mol. The van der Waals surface area contributed by atoms with Gasteiger partial charge in [0, 0.05) is 62.2 Å². The predicted octanol–water partition coefficient (Wildman–Crippen LogP) is 13.7. The lowest BCUT2D eigenvalue weighted by Gasteiger charge is -2.31. The van der Waals surface area contributed by atoms with Crippen LogP contribution in [0.1, 0.15) is 94.2 Å². The first-order valence-corrected chi connectivity index (χ1v) is 21.8. The maximum Gasteiger partial charge on any atom is 0.218 e. The molecule has 0 aliphatic carbocycles. The van der Waals surface area contributed by atoms with Crippen LogP contribution < -0.4 is 9.13 Å². The number of aryl methyl sites for hydroxylation is 2.